The second-order valence-corrected chi connectivity index (χ2v) is 7.58. The highest BCUT2D eigenvalue weighted by Crippen LogP contribution is 2.33. The molecule has 1 amide bonds. The van der Waals surface area contributed by atoms with Crippen molar-refractivity contribution < 1.29 is 4.79 Å². The van der Waals surface area contributed by atoms with E-state index in [1.807, 2.05) is 29.2 Å². The quantitative estimate of drug-likeness (QED) is 0.672. The third-order valence-corrected chi connectivity index (χ3v) is 5.75. The van der Waals surface area contributed by atoms with Crippen LogP contribution < -0.4 is 5.32 Å². The summed E-state index contributed by atoms with van der Waals surface area (Å²) in [6.45, 7) is 3.98. The first-order valence-corrected chi connectivity index (χ1v) is 10.2. The molecule has 1 aliphatic rings. The number of carbonyl (C=O) groups is 1. The van der Waals surface area contributed by atoms with E-state index in [0.29, 0.717) is 6.42 Å². The van der Waals surface area contributed by atoms with E-state index in [9.17, 15) is 4.79 Å². The number of aromatic nitrogens is 2. The van der Waals surface area contributed by atoms with Crippen molar-refractivity contribution >= 4 is 28.1 Å². The summed E-state index contributed by atoms with van der Waals surface area (Å²) in [6, 6.07) is 8.22. The summed E-state index contributed by atoms with van der Waals surface area (Å²) in [7, 11) is 0. The number of fused-ring (bicyclic) bond motifs is 1. The van der Waals surface area contributed by atoms with Gasteiger partial charge in [-0.3, -0.25) is 4.79 Å². The van der Waals surface area contributed by atoms with Crippen LogP contribution in [0.1, 0.15) is 36.4 Å². The minimum Gasteiger partial charge on any atom is -0.361 e. The van der Waals surface area contributed by atoms with E-state index >= 15 is 0 Å². The zero-order chi connectivity index (χ0) is 17.8. The van der Waals surface area contributed by atoms with E-state index in [-0.39, 0.29) is 11.8 Å². The topological polar surface area (TPSA) is 61.0 Å². The molecule has 0 saturated carbocycles. The van der Waals surface area contributed by atoms with Crippen LogP contribution in [-0.4, -0.2) is 47.0 Å². The summed E-state index contributed by atoms with van der Waals surface area (Å²) >= 11 is 1.57. The Morgan fingerprint density at radius 2 is 2.15 bits per heavy atom. The Morgan fingerprint density at radius 3 is 2.96 bits per heavy atom. The molecule has 2 N–H and O–H groups in total. The number of likely N-dealkylation sites (tertiary alicyclic amines) is 1. The molecule has 4 rings (SSSR count). The van der Waals surface area contributed by atoms with Gasteiger partial charge in [0.25, 0.3) is 0 Å². The van der Waals surface area contributed by atoms with Crippen molar-refractivity contribution in [3.05, 3.63) is 52.6 Å². The average Bonchev–Trinajstić information content (AvgIpc) is 3.41. The summed E-state index contributed by atoms with van der Waals surface area (Å²) in [5, 5.41) is 6.30. The smallest absolute Gasteiger partial charge is 0.221 e. The Bertz CT molecular complexity index is 852. The van der Waals surface area contributed by atoms with Crippen molar-refractivity contribution in [2.75, 3.05) is 26.2 Å². The van der Waals surface area contributed by atoms with Crippen molar-refractivity contribution in [3.63, 3.8) is 0 Å². The van der Waals surface area contributed by atoms with Crippen molar-refractivity contribution in [3.8, 4) is 0 Å². The van der Waals surface area contributed by atoms with Gasteiger partial charge in [-0.2, -0.15) is 0 Å². The highest BCUT2D eigenvalue weighted by atomic mass is 32.1. The average molecular weight is 369 g/mol. The minimum atomic E-state index is -0.0239. The van der Waals surface area contributed by atoms with Crippen LogP contribution in [0.15, 0.2) is 41.4 Å². The van der Waals surface area contributed by atoms with Crippen LogP contribution in [-0.2, 0) is 4.79 Å². The van der Waals surface area contributed by atoms with Gasteiger partial charge in [0.2, 0.25) is 5.91 Å². The van der Waals surface area contributed by atoms with Crippen molar-refractivity contribution in [2.45, 2.75) is 25.2 Å². The van der Waals surface area contributed by atoms with Crippen LogP contribution in [0.4, 0.5) is 0 Å². The molecule has 3 heterocycles. The summed E-state index contributed by atoms with van der Waals surface area (Å²) < 4.78 is 0. The first-order chi connectivity index (χ1) is 12.8. The zero-order valence-electron chi connectivity index (χ0n) is 14.8. The number of amides is 1. The fourth-order valence-corrected chi connectivity index (χ4v) is 4.38. The highest BCUT2D eigenvalue weighted by Gasteiger charge is 2.23. The maximum Gasteiger partial charge on any atom is 0.221 e. The van der Waals surface area contributed by atoms with Gasteiger partial charge in [-0.05, 0) is 37.6 Å². The highest BCUT2D eigenvalue weighted by molar-refractivity contribution is 7.07. The normalized spacial score (nSPS) is 16.2. The molecule has 6 heteroatoms. The number of para-hydroxylation sites is 1. The Balaban J connectivity index is 1.46. The molecule has 1 unspecified atom stereocenters. The van der Waals surface area contributed by atoms with E-state index in [1.54, 1.807) is 11.3 Å². The van der Waals surface area contributed by atoms with Crippen LogP contribution in [0.2, 0.25) is 0 Å². The molecule has 0 spiro atoms. The second-order valence-electron chi connectivity index (χ2n) is 6.86. The number of carbonyl (C=O) groups excluding carboxylic acids is 1. The van der Waals surface area contributed by atoms with Crippen LogP contribution in [0.3, 0.4) is 0 Å². The number of H-pyrrole nitrogens is 1. The summed E-state index contributed by atoms with van der Waals surface area (Å²) in [5.74, 6) is 0.0664. The van der Waals surface area contributed by atoms with E-state index in [4.69, 9.17) is 0 Å². The Hall–Kier alpha value is -2.18. The molecule has 0 aliphatic carbocycles. The Labute approximate surface area is 157 Å². The van der Waals surface area contributed by atoms with Crippen LogP contribution >= 0.6 is 11.3 Å². The maximum atomic E-state index is 12.6. The van der Waals surface area contributed by atoms with E-state index in [1.165, 1.54) is 12.8 Å². The molecule has 1 aliphatic heterocycles. The number of aromatic amines is 1. The standard InChI is InChI=1S/C20H24N4OS/c25-20(21-7-10-24-8-3-4-9-24)11-16(19-13-26-14-23-19)17-12-22-18-6-2-1-5-15(17)18/h1-2,5-6,12-14,16,22H,3-4,7-11H2,(H,21,25). The van der Waals surface area contributed by atoms with Gasteiger partial charge in [0.15, 0.2) is 0 Å². The largest absolute Gasteiger partial charge is 0.361 e. The van der Waals surface area contributed by atoms with Crippen molar-refractivity contribution in [1.82, 2.24) is 20.2 Å². The van der Waals surface area contributed by atoms with Gasteiger partial charge >= 0.3 is 0 Å². The fraction of sp³-hybridized carbons (Fsp3) is 0.400. The van der Waals surface area contributed by atoms with Gasteiger partial charge in [-0.15, -0.1) is 11.3 Å². The van der Waals surface area contributed by atoms with Crippen LogP contribution in [0, 0.1) is 0 Å². The number of thiazole rings is 1. The van der Waals surface area contributed by atoms with Crippen molar-refractivity contribution in [2.24, 2.45) is 0 Å². The summed E-state index contributed by atoms with van der Waals surface area (Å²) in [4.78, 5) is 22.8. The van der Waals surface area contributed by atoms with E-state index < -0.39 is 0 Å². The number of hydrogen-bond acceptors (Lipinski definition) is 4. The third kappa shape index (κ3) is 3.81. The van der Waals surface area contributed by atoms with Gasteiger partial charge in [0.05, 0.1) is 11.2 Å². The predicted molar refractivity (Wildman–Crippen MR) is 106 cm³/mol. The van der Waals surface area contributed by atoms with Gasteiger partial charge in [0, 0.05) is 47.9 Å². The maximum absolute atomic E-state index is 12.6. The number of benzene rings is 1. The molecule has 5 nitrogen and oxygen atoms in total. The predicted octanol–water partition coefficient (Wildman–Crippen LogP) is 3.36. The third-order valence-electron chi connectivity index (χ3n) is 5.14. The zero-order valence-corrected chi connectivity index (χ0v) is 15.6. The Morgan fingerprint density at radius 1 is 1.31 bits per heavy atom. The van der Waals surface area contributed by atoms with Gasteiger partial charge in [0.1, 0.15) is 0 Å². The van der Waals surface area contributed by atoms with E-state index in [0.717, 1.165) is 48.3 Å². The number of nitrogens with one attached hydrogen (secondary N) is 2. The lowest BCUT2D eigenvalue weighted by Gasteiger charge is -2.17. The summed E-state index contributed by atoms with van der Waals surface area (Å²) in [6.07, 6.45) is 5.00. The minimum absolute atomic E-state index is 0.0239. The molecule has 1 saturated heterocycles. The number of hydrogen-bond donors (Lipinski definition) is 2. The molecule has 1 aromatic carbocycles. The SMILES string of the molecule is O=C(CC(c1cscn1)c1c[nH]c2ccccc12)NCCN1CCCC1. The van der Waals surface area contributed by atoms with Crippen LogP contribution in [0.25, 0.3) is 10.9 Å². The molecular weight excluding hydrogens is 344 g/mol. The molecule has 136 valence electrons. The molecule has 3 aromatic rings. The number of rotatable bonds is 7. The lowest BCUT2D eigenvalue weighted by Crippen LogP contribution is -2.34. The lowest BCUT2D eigenvalue weighted by atomic mass is 9.92. The first-order valence-electron chi connectivity index (χ1n) is 9.24. The molecule has 0 radical (unpaired) electrons. The van der Waals surface area contributed by atoms with Crippen molar-refractivity contribution in [1.29, 1.82) is 0 Å². The molecule has 0 bridgehead atoms. The Kier molecular flexibility index (Phi) is 5.32. The molecule has 1 atom stereocenters. The van der Waals surface area contributed by atoms with Gasteiger partial charge < -0.3 is 15.2 Å². The molecule has 1 fully saturated rings. The molecule has 2 aromatic heterocycles. The first kappa shape index (κ1) is 17.2. The lowest BCUT2D eigenvalue weighted by molar-refractivity contribution is -0.121. The van der Waals surface area contributed by atoms with Gasteiger partial charge in [-0.1, -0.05) is 18.2 Å². The molecular formula is C20H24N4OS. The summed E-state index contributed by atoms with van der Waals surface area (Å²) in [5.41, 5.74) is 5.04. The van der Waals surface area contributed by atoms with Crippen LogP contribution in [0.5, 0.6) is 0 Å². The second kappa shape index (κ2) is 8.01. The van der Waals surface area contributed by atoms with Gasteiger partial charge in [-0.25, -0.2) is 4.98 Å². The monoisotopic (exact) mass is 368 g/mol. The molecule has 26 heavy (non-hydrogen) atoms. The number of nitrogens with zero attached hydrogens (tertiary/aromatic N) is 2. The fourth-order valence-electron chi connectivity index (χ4n) is 3.77. The van der Waals surface area contributed by atoms with E-state index in [2.05, 4.69) is 32.3 Å².